The highest BCUT2D eigenvalue weighted by atomic mass is 127. The number of benzene rings is 1. The lowest BCUT2D eigenvalue weighted by Crippen LogP contribution is -2.43. The minimum Gasteiger partial charge on any atom is -0.361 e. The summed E-state index contributed by atoms with van der Waals surface area (Å²) in [5.41, 5.74) is 4.77. The summed E-state index contributed by atoms with van der Waals surface area (Å²) in [6, 6.07) is 8.67. The molecule has 0 aliphatic carbocycles. The van der Waals surface area contributed by atoms with Crippen molar-refractivity contribution in [3.63, 3.8) is 0 Å². The van der Waals surface area contributed by atoms with Gasteiger partial charge >= 0.3 is 0 Å². The number of guanidine groups is 1. The number of rotatable bonds is 7. The molecule has 27 heavy (non-hydrogen) atoms. The summed E-state index contributed by atoms with van der Waals surface area (Å²) in [5.74, 6) is 1.74. The van der Waals surface area contributed by atoms with Gasteiger partial charge in [-0.25, -0.2) is 0 Å². The quantitative estimate of drug-likeness (QED) is 0.348. The van der Waals surface area contributed by atoms with E-state index >= 15 is 0 Å². The SMILES string of the molecule is CCc1noc(CC)c1CNC(=NC)NCC(C)(C)c1cccc(C)c1.I. The van der Waals surface area contributed by atoms with Crippen LogP contribution in [0.4, 0.5) is 0 Å². The smallest absolute Gasteiger partial charge is 0.191 e. The van der Waals surface area contributed by atoms with Crippen LogP contribution in [0.15, 0.2) is 33.8 Å². The van der Waals surface area contributed by atoms with Crippen LogP contribution in [-0.4, -0.2) is 24.7 Å². The first-order valence-corrected chi connectivity index (χ1v) is 9.39. The van der Waals surface area contributed by atoms with E-state index in [-0.39, 0.29) is 29.4 Å². The number of halogens is 1. The minimum absolute atomic E-state index is 0. The van der Waals surface area contributed by atoms with Crippen molar-refractivity contribution in [1.29, 1.82) is 0 Å². The number of hydrogen-bond acceptors (Lipinski definition) is 3. The number of nitrogens with one attached hydrogen (secondary N) is 2. The minimum atomic E-state index is 0. The van der Waals surface area contributed by atoms with Gasteiger partial charge in [0.15, 0.2) is 5.96 Å². The van der Waals surface area contributed by atoms with Gasteiger partial charge in [0.25, 0.3) is 0 Å². The molecule has 0 saturated heterocycles. The molecule has 2 aromatic rings. The van der Waals surface area contributed by atoms with E-state index in [4.69, 9.17) is 4.52 Å². The Bertz CT molecular complexity index is 731. The van der Waals surface area contributed by atoms with E-state index in [0.717, 1.165) is 42.4 Å². The summed E-state index contributed by atoms with van der Waals surface area (Å²) in [5, 5.41) is 11.0. The van der Waals surface area contributed by atoms with E-state index in [0.29, 0.717) is 6.54 Å². The Hall–Kier alpha value is -1.57. The van der Waals surface area contributed by atoms with Gasteiger partial charge in [0, 0.05) is 37.5 Å². The fraction of sp³-hybridized carbons (Fsp3) is 0.524. The Labute approximate surface area is 180 Å². The van der Waals surface area contributed by atoms with Crippen molar-refractivity contribution < 1.29 is 4.52 Å². The molecule has 0 bridgehead atoms. The third kappa shape index (κ3) is 6.23. The third-order valence-electron chi connectivity index (χ3n) is 4.76. The van der Waals surface area contributed by atoms with Crippen molar-refractivity contribution in [3.05, 3.63) is 52.4 Å². The summed E-state index contributed by atoms with van der Waals surface area (Å²) < 4.78 is 5.43. The largest absolute Gasteiger partial charge is 0.361 e. The molecule has 5 nitrogen and oxygen atoms in total. The molecule has 0 radical (unpaired) electrons. The highest BCUT2D eigenvalue weighted by molar-refractivity contribution is 14.0. The van der Waals surface area contributed by atoms with Crippen molar-refractivity contribution in [2.75, 3.05) is 13.6 Å². The number of aromatic nitrogens is 1. The highest BCUT2D eigenvalue weighted by Gasteiger charge is 2.21. The standard InChI is InChI=1S/C21H32N4O.HI/c1-7-18-17(19(8-2)26-25-18)13-23-20(22-6)24-14-21(4,5)16-11-9-10-15(3)12-16;/h9-12H,7-8,13-14H2,1-6H3,(H2,22,23,24);1H. The average molecular weight is 484 g/mol. The summed E-state index contributed by atoms with van der Waals surface area (Å²) >= 11 is 0. The van der Waals surface area contributed by atoms with Crippen LogP contribution >= 0.6 is 24.0 Å². The Morgan fingerprint density at radius 1 is 1.19 bits per heavy atom. The topological polar surface area (TPSA) is 62.5 Å². The number of aryl methyl sites for hydroxylation is 3. The van der Waals surface area contributed by atoms with Crippen LogP contribution in [0.1, 0.15) is 55.8 Å². The molecule has 0 amide bonds. The Morgan fingerprint density at radius 2 is 1.93 bits per heavy atom. The highest BCUT2D eigenvalue weighted by Crippen LogP contribution is 2.23. The van der Waals surface area contributed by atoms with Crippen molar-refractivity contribution in [2.24, 2.45) is 4.99 Å². The van der Waals surface area contributed by atoms with E-state index < -0.39 is 0 Å². The predicted octanol–water partition coefficient (Wildman–Crippen LogP) is 4.37. The monoisotopic (exact) mass is 484 g/mol. The molecule has 6 heteroatoms. The molecule has 0 fully saturated rings. The van der Waals surface area contributed by atoms with E-state index in [2.05, 4.69) is 79.7 Å². The van der Waals surface area contributed by atoms with Crippen molar-refractivity contribution in [1.82, 2.24) is 15.8 Å². The molecule has 1 aromatic heterocycles. The second-order valence-corrected chi connectivity index (χ2v) is 7.27. The first-order valence-electron chi connectivity index (χ1n) is 9.39. The molecule has 0 atom stereocenters. The molecule has 1 heterocycles. The summed E-state index contributed by atoms with van der Waals surface area (Å²) in [6.45, 7) is 12.3. The second kappa shape index (κ2) is 10.7. The van der Waals surface area contributed by atoms with E-state index in [1.807, 2.05) is 0 Å². The maximum atomic E-state index is 5.43. The van der Waals surface area contributed by atoms with E-state index in [1.54, 1.807) is 7.05 Å². The molecule has 1 aromatic carbocycles. The van der Waals surface area contributed by atoms with Crippen LogP contribution < -0.4 is 10.6 Å². The fourth-order valence-corrected chi connectivity index (χ4v) is 3.00. The summed E-state index contributed by atoms with van der Waals surface area (Å²) in [4.78, 5) is 4.36. The summed E-state index contributed by atoms with van der Waals surface area (Å²) in [7, 11) is 1.80. The van der Waals surface area contributed by atoms with Gasteiger partial charge in [-0.3, -0.25) is 4.99 Å². The average Bonchev–Trinajstić information content (AvgIpc) is 3.04. The lowest BCUT2D eigenvalue weighted by molar-refractivity contribution is 0.380. The normalized spacial score (nSPS) is 11.9. The van der Waals surface area contributed by atoms with Crippen LogP contribution in [0.3, 0.4) is 0 Å². The molecule has 0 unspecified atom stereocenters. The Morgan fingerprint density at radius 3 is 2.52 bits per heavy atom. The van der Waals surface area contributed by atoms with Gasteiger partial charge in [0.2, 0.25) is 0 Å². The van der Waals surface area contributed by atoms with Crippen LogP contribution in [-0.2, 0) is 24.8 Å². The second-order valence-electron chi connectivity index (χ2n) is 7.27. The maximum absolute atomic E-state index is 5.43. The third-order valence-corrected chi connectivity index (χ3v) is 4.76. The number of hydrogen-bond donors (Lipinski definition) is 2. The Kier molecular flexibility index (Phi) is 9.29. The van der Waals surface area contributed by atoms with Gasteiger partial charge in [0.05, 0.1) is 5.69 Å². The molecule has 0 aliphatic rings. The maximum Gasteiger partial charge on any atom is 0.191 e. The molecule has 0 spiro atoms. The fourth-order valence-electron chi connectivity index (χ4n) is 3.00. The molecular weight excluding hydrogens is 451 g/mol. The molecule has 2 N–H and O–H groups in total. The zero-order valence-corrected chi connectivity index (χ0v) is 19.7. The van der Waals surface area contributed by atoms with E-state index in [9.17, 15) is 0 Å². The molecule has 0 aliphatic heterocycles. The van der Waals surface area contributed by atoms with Crippen LogP contribution in [0.25, 0.3) is 0 Å². The van der Waals surface area contributed by atoms with Gasteiger partial charge in [-0.05, 0) is 18.9 Å². The number of nitrogens with zero attached hydrogens (tertiary/aromatic N) is 2. The van der Waals surface area contributed by atoms with Gasteiger partial charge < -0.3 is 15.2 Å². The first kappa shape index (κ1) is 23.5. The first-order chi connectivity index (χ1) is 12.4. The van der Waals surface area contributed by atoms with Gasteiger partial charge in [-0.15, -0.1) is 24.0 Å². The van der Waals surface area contributed by atoms with Crippen molar-refractivity contribution in [3.8, 4) is 0 Å². The molecule has 0 saturated carbocycles. The van der Waals surface area contributed by atoms with Crippen molar-refractivity contribution >= 4 is 29.9 Å². The molecule has 150 valence electrons. The number of aliphatic imine (C=N–C) groups is 1. The van der Waals surface area contributed by atoms with Gasteiger partial charge in [0.1, 0.15) is 5.76 Å². The lowest BCUT2D eigenvalue weighted by Gasteiger charge is -2.27. The van der Waals surface area contributed by atoms with Gasteiger partial charge in [-0.2, -0.15) is 0 Å². The zero-order chi connectivity index (χ0) is 19.2. The van der Waals surface area contributed by atoms with Gasteiger partial charge in [-0.1, -0.05) is 62.7 Å². The van der Waals surface area contributed by atoms with E-state index in [1.165, 1.54) is 11.1 Å². The molecule has 2 rings (SSSR count). The zero-order valence-electron chi connectivity index (χ0n) is 17.3. The van der Waals surface area contributed by atoms with Crippen LogP contribution in [0.5, 0.6) is 0 Å². The van der Waals surface area contributed by atoms with Crippen LogP contribution in [0, 0.1) is 6.92 Å². The predicted molar refractivity (Wildman–Crippen MR) is 123 cm³/mol. The summed E-state index contributed by atoms with van der Waals surface area (Å²) in [6.07, 6.45) is 1.71. The lowest BCUT2D eigenvalue weighted by atomic mass is 9.84. The van der Waals surface area contributed by atoms with Crippen molar-refractivity contribution in [2.45, 2.75) is 59.4 Å². The Balaban J connectivity index is 0.00000364. The van der Waals surface area contributed by atoms with Crippen LogP contribution in [0.2, 0.25) is 0 Å². The molecular formula is C21H33IN4O.